The number of nitrogens with one attached hydrogen (secondary N) is 2. The van der Waals surface area contributed by atoms with E-state index in [9.17, 15) is 4.79 Å². The largest absolute Gasteiger partial charge is 0.347 e. The van der Waals surface area contributed by atoms with Crippen LogP contribution in [-0.2, 0) is 0 Å². The number of hydrogen-bond donors (Lipinski definition) is 3. The van der Waals surface area contributed by atoms with Crippen molar-refractivity contribution in [2.75, 3.05) is 11.6 Å². The molecule has 5 nitrogen and oxygen atoms in total. The molecule has 82 valence electrons. The van der Waals surface area contributed by atoms with E-state index in [1.54, 1.807) is 5.01 Å². The average molecular weight is 208 g/mol. The monoisotopic (exact) mass is 208 g/mol. The maximum atomic E-state index is 11.1. The van der Waals surface area contributed by atoms with Crippen LogP contribution in [-0.4, -0.2) is 12.6 Å². The first-order valence-corrected chi connectivity index (χ1v) is 4.87. The molecule has 1 aromatic rings. The standard InChI is InChI=1S/C10H16N4O/c1-2-8-14(13-10(15)12-11)9-6-4-3-5-7-9/h3-7H,2,8,11H2,1H3,(H2,12,13,15). The Labute approximate surface area is 89.2 Å². The van der Waals surface area contributed by atoms with E-state index in [0.717, 1.165) is 18.7 Å². The summed E-state index contributed by atoms with van der Waals surface area (Å²) in [5, 5.41) is 1.75. The van der Waals surface area contributed by atoms with Crippen LogP contribution in [0.4, 0.5) is 10.5 Å². The maximum absolute atomic E-state index is 11.1. The van der Waals surface area contributed by atoms with Crippen LogP contribution in [0.5, 0.6) is 0 Å². The highest BCUT2D eigenvalue weighted by Gasteiger charge is 2.07. The first-order chi connectivity index (χ1) is 7.27. The van der Waals surface area contributed by atoms with Crippen molar-refractivity contribution in [3.8, 4) is 0 Å². The van der Waals surface area contributed by atoms with Crippen molar-refractivity contribution in [2.24, 2.45) is 5.84 Å². The van der Waals surface area contributed by atoms with Crippen molar-refractivity contribution in [3.63, 3.8) is 0 Å². The third kappa shape index (κ3) is 3.47. The van der Waals surface area contributed by atoms with Crippen LogP contribution in [0.2, 0.25) is 0 Å². The zero-order valence-electron chi connectivity index (χ0n) is 8.73. The van der Waals surface area contributed by atoms with Crippen LogP contribution in [0, 0.1) is 0 Å². The molecule has 0 saturated carbocycles. The summed E-state index contributed by atoms with van der Waals surface area (Å²) < 4.78 is 0. The Hall–Kier alpha value is -1.75. The van der Waals surface area contributed by atoms with E-state index in [4.69, 9.17) is 5.84 Å². The van der Waals surface area contributed by atoms with E-state index in [2.05, 4.69) is 5.43 Å². The summed E-state index contributed by atoms with van der Waals surface area (Å²) in [5.74, 6) is 5.01. The van der Waals surface area contributed by atoms with Crippen LogP contribution in [0.3, 0.4) is 0 Å². The molecule has 15 heavy (non-hydrogen) atoms. The smallest absolute Gasteiger partial charge is 0.284 e. The summed E-state index contributed by atoms with van der Waals surface area (Å²) >= 11 is 0. The van der Waals surface area contributed by atoms with Gasteiger partial charge in [0.05, 0.1) is 5.69 Å². The molecule has 0 radical (unpaired) electrons. The number of amides is 2. The molecule has 0 aliphatic carbocycles. The van der Waals surface area contributed by atoms with Gasteiger partial charge in [0.1, 0.15) is 0 Å². The van der Waals surface area contributed by atoms with Crippen LogP contribution >= 0.6 is 0 Å². The highest BCUT2D eigenvalue weighted by molar-refractivity contribution is 5.75. The molecule has 1 aromatic carbocycles. The quantitative estimate of drug-likeness (QED) is 0.392. The van der Waals surface area contributed by atoms with Crippen molar-refractivity contribution in [1.82, 2.24) is 10.9 Å². The number of rotatable bonds is 4. The van der Waals surface area contributed by atoms with E-state index >= 15 is 0 Å². The number of urea groups is 1. The van der Waals surface area contributed by atoms with Gasteiger partial charge >= 0.3 is 6.03 Å². The van der Waals surface area contributed by atoms with Gasteiger partial charge < -0.3 is 0 Å². The minimum atomic E-state index is -0.424. The van der Waals surface area contributed by atoms with Gasteiger partial charge in [-0.15, -0.1) is 0 Å². The van der Waals surface area contributed by atoms with Crippen molar-refractivity contribution in [3.05, 3.63) is 30.3 Å². The maximum Gasteiger partial charge on any atom is 0.347 e. The van der Waals surface area contributed by atoms with Crippen molar-refractivity contribution >= 4 is 11.7 Å². The zero-order valence-corrected chi connectivity index (χ0v) is 8.73. The number of hydrogen-bond acceptors (Lipinski definition) is 3. The molecule has 0 aliphatic heterocycles. The van der Waals surface area contributed by atoms with Crippen molar-refractivity contribution < 1.29 is 4.79 Å². The second-order valence-corrected chi connectivity index (χ2v) is 3.07. The van der Waals surface area contributed by atoms with Crippen LogP contribution in [0.15, 0.2) is 30.3 Å². The van der Waals surface area contributed by atoms with Crippen molar-refractivity contribution in [2.45, 2.75) is 13.3 Å². The molecule has 0 heterocycles. The second kappa shape index (κ2) is 5.87. The summed E-state index contributed by atoms with van der Waals surface area (Å²) in [6.07, 6.45) is 0.930. The first kappa shape index (κ1) is 11.3. The molecule has 1 rings (SSSR count). The van der Waals surface area contributed by atoms with E-state index < -0.39 is 6.03 Å². The summed E-state index contributed by atoms with van der Waals surface area (Å²) in [4.78, 5) is 11.1. The van der Waals surface area contributed by atoms with Crippen LogP contribution in [0.25, 0.3) is 0 Å². The molecular formula is C10H16N4O. The normalized spacial score (nSPS) is 9.47. The van der Waals surface area contributed by atoms with Crippen LogP contribution in [0.1, 0.15) is 13.3 Å². The molecule has 2 amide bonds. The molecule has 5 heteroatoms. The van der Waals surface area contributed by atoms with Gasteiger partial charge in [-0.05, 0) is 18.6 Å². The number of benzene rings is 1. The topological polar surface area (TPSA) is 70.4 Å². The Morgan fingerprint density at radius 1 is 1.40 bits per heavy atom. The molecule has 0 bridgehead atoms. The third-order valence-corrected chi connectivity index (χ3v) is 1.88. The lowest BCUT2D eigenvalue weighted by Crippen LogP contribution is -2.50. The summed E-state index contributed by atoms with van der Waals surface area (Å²) in [6.45, 7) is 2.77. The Morgan fingerprint density at radius 3 is 2.60 bits per heavy atom. The molecule has 0 unspecified atom stereocenters. The molecular weight excluding hydrogens is 192 g/mol. The SMILES string of the molecule is CCCN(NC(=O)NN)c1ccccc1. The number of nitrogens with zero attached hydrogens (tertiary/aromatic N) is 1. The fourth-order valence-electron chi connectivity index (χ4n) is 1.24. The number of hydrazine groups is 2. The Kier molecular flexibility index (Phi) is 4.43. The van der Waals surface area contributed by atoms with Gasteiger partial charge in [0.2, 0.25) is 0 Å². The average Bonchev–Trinajstić information content (AvgIpc) is 2.29. The van der Waals surface area contributed by atoms with Gasteiger partial charge in [-0.25, -0.2) is 16.1 Å². The Bertz CT molecular complexity index is 302. The summed E-state index contributed by atoms with van der Waals surface area (Å²) in [7, 11) is 0. The number of nitrogens with two attached hydrogens (primary N) is 1. The molecule has 0 aliphatic rings. The fourth-order valence-corrected chi connectivity index (χ4v) is 1.24. The van der Waals surface area contributed by atoms with E-state index in [-0.39, 0.29) is 0 Å². The third-order valence-electron chi connectivity index (χ3n) is 1.88. The lowest BCUT2D eigenvalue weighted by atomic mass is 10.3. The minimum absolute atomic E-state index is 0.424. The summed E-state index contributed by atoms with van der Waals surface area (Å²) in [6, 6.07) is 9.18. The van der Waals surface area contributed by atoms with Crippen molar-refractivity contribution in [1.29, 1.82) is 0 Å². The highest BCUT2D eigenvalue weighted by Crippen LogP contribution is 2.10. The lowest BCUT2D eigenvalue weighted by molar-refractivity contribution is 0.240. The lowest BCUT2D eigenvalue weighted by Gasteiger charge is -2.24. The van der Waals surface area contributed by atoms with E-state index in [1.165, 1.54) is 0 Å². The van der Waals surface area contributed by atoms with E-state index in [0.29, 0.717) is 0 Å². The van der Waals surface area contributed by atoms with Gasteiger partial charge in [-0.3, -0.25) is 10.4 Å². The number of carbonyl (C=O) groups excluding carboxylic acids is 1. The highest BCUT2D eigenvalue weighted by atomic mass is 16.2. The molecule has 0 atom stereocenters. The molecule has 4 N–H and O–H groups in total. The first-order valence-electron chi connectivity index (χ1n) is 4.87. The predicted molar refractivity (Wildman–Crippen MR) is 59.9 cm³/mol. The number of para-hydroxylation sites is 1. The predicted octanol–water partition coefficient (Wildman–Crippen LogP) is 0.991. The van der Waals surface area contributed by atoms with E-state index in [1.807, 2.05) is 42.7 Å². The minimum Gasteiger partial charge on any atom is -0.284 e. The molecule has 0 fully saturated rings. The second-order valence-electron chi connectivity index (χ2n) is 3.07. The van der Waals surface area contributed by atoms with Gasteiger partial charge in [0.15, 0.2) is 0 Å². The van der Waals surface area contributed by atoms with Gasteiger partial charge in [-0.2, -0.15) is 0 Å². The van der Waals surface area contributed by atoms with Gasteiger partial charge in [0.25, 0.3) is 0 Å². The Balaban J connectivity index is 2.70. The fraction of sp³-hybridized carbons (Fsp3) is 0.300. The van der Waals surface area contributed by atoms with Gasteiger partial charge in [0, 0.05) is 6.54 Å². The summed E-state index contributed by atoms with van der Waals surface area (Å²) in [5.41, 5.74) is 5.61. The zero-order chi connectivity index (χ0) is 11.1. The molecule has 0 spiro atoms. The molecule has 0 saturated heterocycles. The molecule has 0 aromatic heterocycles. The number of anilines is 1. The van der Waals surface area contributed by atoms with Crippen LogP contribution < -0.4 is 21.7 Å². The van der Waals surface area contributed by atoms with Gasteiger partial charge in [-0.1, -0.05) is 25.1 Å². The Morgan fingerprint density at radius 2 is 2.07 bits per heavy atom. The number of carbonyl (C=O) groups is 1.